The Balaban J connectivity index is 2.11. The van der Waals surface area contributed by atoms with Crippen LogP contribution in [0, 0.1) is 5.82 Å². The van der Waals surface area contributed by atoms with Gasteiger partial charge in [-0.25, -0.2) is 12.8 Å². The summed E-state index contributed by atoms with van der Waals surface area (Å²) >= 11 is 0. The van der Waals surface area contributed by atoms with Crippen molar-refractivity contribution in [2.75, 3.05) is 13.3 Å². The summed E-state index contributed by atoms with van der Waals surface area (Å²) in [6.07, 6.45) is 7.21. The number of nitrogens with zero attached hydrogens (tertiary/aromatic N) is 1. The number of halogens is 1. The van der Waals surface area contributed by atoms with Crippen molar-refractivity contribution in [1.82, 2.24) is 4.90 Å². The van der Waals surface area contributed by atoms with Crippen molar-refractivity contribution < 1.29 is 17.6 Å². The van der Waals surface area contributed by atoms with Gasteiger partial charge in [-0.1, -0.05) is 25.0 Å². The maximum atomic E-state index is 13.1. The van der Waals surface area contributed by atoms with Gasteiger partial charge in [0.1, 0.15) is 5.82 Å². The second-order valence-corrected chi connectivity index (χ2v) is 8.32. The van der Waals surface area contributed by atoms with Gasteiger partial charge in [-0.3, -0.25) is 4.79 Å². The second-order valence-electron chi connectivity index (χ2n) is 6.06. The molecule has 126 valence electrons. The Morgan fingerprint density at radius 2 is 2.00 bits per heavy atom. The third kappa shape index (κ3) is 4.64. The standard InChI is InChI=1S/C17H22FNO3S/c1-19(15-8-3-4-9-16(15)23(2,21)22)17(20)11-10-13-6-5-7-14(18)12-13/h5-7,10-12,15-16H,3-4,8-9H2,1-2H3/b11-10+/t15-,16+/m1/s1. The van der Waals surface area contributed by atoms with Gasteiger partial charge in [0, 0.05) is 25.4 Å². The molecule has 23 heavy (non-hydrogen) atoms. The molecular formula is C17H22FNO3S. The number of hydrogen-bond acceptors (Lipinski definition) is 3. The van der Waals surface area contributed by atoms with E-state index in [0.717, 1.165) is 12.8 Å². The Bertz CT molecular complexity index is 700. The molecule has 0 aliphatic heterocycles. The Morgan fingerprint density at radius 3 is 2.65 bits per heavy atom. The highest BCUT2D eigenvalue weighted by atomic mass is 32.2. The molecule has 6 heteroatoms. The van der Waals surface area contributed by atoms with Gasteiger partial charge < -0.3 is 4.90 Å². The molecule has 1 aliphatic rings. The third-order valence-electron chi connectivity index (χ3n) is 4.33. The molecule has 4 nitrogen and oxygen atoms in total. The fourth-order valence-corrected chi connectivity index (χ4v) is 4.56. The number of carbonyl (C=O) groups excluding carboxylic acids is 1. The molecule has 0 spiro atoms. The van der Waals surface area contributed by atoms with Gasteiger partial charge in [0.05, 0.1) is 5.25 Å². The lowest BCUT2D eigenvalue weighted by Crippen LogP contribution is -2.48. The van der Waals surface area contributed by atoms with Gasteiger partial charge in [0.2, 0.25) is 5.91 Å². The van der Waals surface area contributed by atoms with E-state index in [0.29, 0.717) is 18.4 Å². The Hall–Kier alpha value is -1.69. The van der Waals surface area contributed by atoms with Gasteiger partial charge in [0.15, 0.2) is 9.84 Å². The largest absolute Gasteiger partial charge is 0.338 e. The van der Waals surface area contributed by atoms with Crippen LogP contribution in [0.15, 0.2) is 30.3 Å². The van der Waals surface area contributed by atoms with E-state index in [9.17, 15) is 17.6 Å². The summed E-state index contributed by atoms with van der Waals surface area (Å²) < 4.78 is 37.0. The Kier molecular flexibility index (Phi) is 5.57. The van der Waals surface area contributed by atoms with E-state index in [4.69, 9.17) is 0 Å². The molecule has 2 rings (SSSR count). The third-order valence-corrected chi connectivity index (χ3v) is 5.98. The van der Waals surface area contributed by atoms with Crippen LogP contribution in [-0.4, -0.2) is 43.8 Å². The summed E-state index contributed by atoms with van der Waals surface area (Å²) in [5.74, 6) is -0.632. The summed E-state index contributed by atoms with van der Waals surface area (Å²) in [6.45, 7) is 0. The molecule has 0 bridgehead atoms. The lowest BCUT2D eigenvalue weighted by atomic mass is 9.93. The summed E-state index contributed by atoms with van der Waals surface area (Å²) in [5, 5.41) is -0.507. The molecule has 0 N–H and O–H groups in total. The molecule has 1 aromatic carbocycles. The van der Waals surface area contributed by atoms with Crippen molar-refractivity contribution in [2.45, 2.75) is 37.0 Å². The van der Waals surface area contributed by atoms with Gasteiger partial charge in [-0.15, -0.1) is 0 Å². The number of benzene rings is 1. The maximum Gasteiger partial charge on any atom is 0.246 e. The average Bonchev–Trinajstić information content (AvgIpc) is 2.51. The number of hydrogen-bond donors (Lipinski definition) is 0. The van der Waals surface area contributed by atoms with Crippen molar-refractivity contribution in [3.05, 3.63) is 41.7 Å². The molecule has 0 radical (unpaired) electrons. The second kappa shape index (κ2) is 7.25. The minimum atomic E-state index is -3.19. The van der Waals surface area contributed by atoms with E-state index in [2.05, 4.69) is 0 Å². The predicted octanol–water partition coefficient (Wildman–Crippen LogP) is 2.65. The Labute approximate surface area is 136 Å². The highest BCUT2D eigenvalue weighted by Gasteiger charge is 2.36. The van der Waals surface area contributed by atoms with Gasteiger partial charge in [-0.05, 0) is 36.6 Å². The normalized spacial score (nSPS) is 22.2. The van der Waals surface area contributed by atoms with E-state index in [1.165, 1.54) is 29.4 Å². The zero-order valence-electron chi connectivity index (χ0n) is 13.4. The maximum absolute atomic E-state index is 13.1. The molecule has 1 aromatic rings. The van der Waals surface area contributed by atoms with Crippen molar-refractivity contribution in [1.29, 1.82) is 0 Å². The molecule has 0 aromatic heterocycles. The minimum Gasteiger partial charge on any atom is -0.338 e. The molecule has 1 amide bonds. The highest BCUT2D eigenvalue weighted by molar-refractivity contribution is 7.91. The van der Waals surface area contributed by atoms with Crippen LogP contribution in [0.2, 0.25) is 0 Å². The van der Waals surface area contributed by atoms with Crippen LogP contribution in [0.25, 0.3) is 6.08 Å². The first-order chi connectivity index (χ1) is 10.8. The zero-order valence-corrected chi connectivity index (χ0v) is 14.2. The summed E-state index contributed by atoms with van der Waals surface area (Å²) in [4.78, 5) is 13.8. The number of likely N-dealkylation sites (N-methyl/N-ethyl adjacent to an activating group) is 1. The molecule has 0 unspecified atom stereocenters. The van der Waals surface area contributed by atoms with E-state index >= 15 is 0 Å². The van der Waals surface area contributed by atoms with Crippen molar-refractivity contribution in [3.8, 4) is 0 Å². The zero-order chi connectivity index (χ0) is 17.0. The van der Waals surface area contributed by atoms with Crippen LogP contribution in [0.4, 0.5) is 4.39 Å². The fourth-order valence-electron chi connectivity index (χ4n) is 3.08. The van der Waals surface area contributed by atoms with Crippen molar-refractivity contribution >= 4 is 21.8 Å². The fraction of sp³-hybridized carbons (Fsp3) is 0.471. The minimum absolute atomic E-state index is 0.269. The van der Waals surface area contributed by atoms with E-state index < -0.39 is 15.1 Å². The number of sulfone groups is 1. The van der Waals surface area contributed by atoms with Crippen LogP contribution in [0.1, 0.15) is 31.2 Å². The smallest absolute Gasteiger partial charge is 0.246 e. The van der Waals surface area contributed by atoms with Crippen LogP contribution in [0.5, 0.6) is 0 Å². The first-order valence-electron chi connectivity index (χ1n) is 7.68. The van der Waals surface area contributed by atoms with E-state index in [1.54, 1.807) is 25.3 Å². The summed E-state index contributed by atoms with van der Waals surface area (Å²) in [6, 6.07) is 5.65. The van der Waals surface area contributed by atoms with Crippen LogP contribution in [0.3, 0.4) is 0 Å². The van der Waals surface area contributed by atoms with Gasteiger partial charge >= 0.3 is 0 Å². The average molecular weight is 339 g/mol. The molecule has 1 saturated carbocycles. The molecule has 1 aliphatic carbocycles. The van der Waals surface area contributed by atoms with E-state index in [1.807, 2.05) is 0 Å². The lowest BCUT2D eigenvalue weighted by Gasteiger charge is -2.36. The van der Waals surface area contributed by atoms with Crippen molar-refractivity contribution in [2.24, 2.45) is 0 Å². The molecule has 0 saturated heterocycles. The number of carbonyl (C=O) groups is 1. The van der Waals surface area contributed by atoms with Crippen LogP contribution < -0.4 is 0 Å². The predicted molar refractivity (Wildman–Crippen MR) is 89.1 cm³/mol. The number of amides is 1. The summed E-state index contributed by atoms with van der Waals surface area (Å²) in [5.41, 5.74) is 0.593. The first-order valence-corrected chi connectivity index (χ1v) is 9.64. The highest BCUT2D eigenvalue weighted by Crippen LogP contribution is 2.27. The van der Waals surface area contributed by atoms with Gasteiger partial charge in [0.25, 0.3) is 0 Å². The van der Waals surface area contributed by atoms with E-state index in [-0.39, 0.29) is 17.8 Å². The molecule has 0 heterocycles. The quantitative estimate of drug-likeness (QED) is 0.793. The molecule has 1 fully saturated rings. The van der Waals surface area contributed by atoms with Gasteiger partial charge in [-0.2, -0.15) is 0 Å². The molecule has 2 atom stereocenters. The first kappa shape index (κ1) is 17.7. The monoisotopic (exact) mass is 339 g/mol. The van der Waals surface area contributed by atoms with Crippen LogP contribution in [-0.2, 0) is 14.6 Å². The topological polar surface area (TPSA) is 54.5 Å². The SMILES string of the molecule is CN(C(=O)/C=C/c1cccc(F)c1)[C@@H]1CCCC[C@@H]1S(C)(=O)=O. The lowest BCUT2D eigenvalue weighted by molar-refractivity contribution is -0.127. The van der Waals surface area contributed by atoms with Crippen LogP contribution >= 0.6 is 0 Å². The summed E-state index contributed by atoms with van der Waals surface area (Å²) in [7, 11) is -1.56. The number of rotatable bonds is 4. The molecular weight excluding hydrogens is 317 g/mol. The van der Waals surface area contributed by atoms with Crippen molar-refractivity contribution in [3.63, 3.8) is 0 Å². The Morgan fingerprint density at radius 1 is 1.30 bits per heavy atom.